The lowest BCUT2D eigenvalue weighted by Gasteiger charge is -2.28. The quantitative estimate of drug-likeness (QED) is 0.668. The number of amides is 1. The van der Waals surface area contributed by atoms with Crippen LogP contribution in [0.2, 0.25) is 0 Å². The number of hydrogen-bond acceptors (Lipinski definition) is 5. The van der Waals surface area contributed by atoms with Gasteiger partial charge in [-0.25, -0.2) is 12.8 Å². The molecule has 2 rings (SSSR count). The van der Waals surface area contributed by atoms with Crippen molar-refractivity contribution in [2.24, 2.45) is 0 Å². The van der Waals surface area contributed by atoms with Crippen molar-refractivity contribution < 1.29 is 27.1 Å². The predicted octanol–water partition coefficient (Wildman–Crippen LogP) is 2.36. The highest BCUT2D eigenvalue weighted by molar-refractivity contribution is 7.92. The molecule has 0 bridgehead atoms. The summed E-state index contributed by atoms with van der Waals surface area (Å²) in [6.07, 6.45) is 1.53. The molecule has 7 nitrogen and oxygen atoms in total. The van der Waals surface area contributed by atoms with Crippen LogP contribution in [0.25, 0.3) is 0 Å². The zero-order valence-electron chi connectivity index (χ0n) is 16.8. The monoisotopic (exact) mass is 424 g/mol. The Bertz CT molecular complexity index is 948. The maximum absolute atomic E-state index is 13.2. The molecule has 0 fully saturated rings. The topological polar surface area (TPSA) is 84.9 Å². The molecule has 0 spiro atoms. The molecule has 0 saturated heterocycles. The lowest BCUT2D eigenvalue weighted by Crippen LogP contribution is -2.48. The first kappa shape index (κ1) is 22.5. The third kappa shape index (κ3) is 5.83. The standard InChI is InChI=1S/C20H25FN2O5S/c1-14(23(29(4,25)26)17-8-6-16(21)7-9-17)20(24)22-12-11-15-5-10-18(27-2)19(13-15)28-3/h5-10,13-14H,11-12H2,1-4H3,(H,22,24)/t14-/m0/s1. The molecule has 0 aliphatic rings. The van der Waals surface area contributed by atoms with Gasteiger partial charge in [0.05, 0.1) is 26.2 Å². The minimum absolute atomic E-state index is 0.219. The van der Waals surface area contributed by atoms with Gasteiger partial charge in [0.25, 0.3) is 0 Å². The van der Waals surface area contributed by atoms with Crippen LogP contribution in [0.5, 0.6) is 11.5 Å². The van der Waals surface area contributed by atoms with Gasteiger partial charge in [-0.05, 0) is 55.3 Å². The Labute approximate surface area is 170 Å². The molecule has 0 unspecified atom stereocenters. The number of nitrogens with zero attached hydrogens (tertiary/aromatic N) is 1. The highest BCUT2D eigenvalue weighted by atomic mass is 32.2. The molecule has 0 heterocycles. The zero-order chi connectivity index (χ0) is 21.6. The number of carbonyl (C=O) groups is 1. The van der Waals surface area contributed by atoms with Gasteiger partial charge in [-0.1, -0.05) is 6.07 Å². The fourth-order valence-electron chi connectivity index (χ4n) is 2.91. The summed E-state index contributed by atoms with van der Waals surface area (Å²) < 4.78 is 49.0. The highest BCUT2D eigenvalue weighted by Gasteiger charge is 2.28. The molecule has 1 amide bonds. The minimum Gasteiger partial charge on any atom is -0.493 e. The number of ether oxygens (including phenoxy) is 2. The molecule has 0 aliphatic heterocycles. The molecule has 2 aromatic carbocycles. The van der Waals surface area contributed by atoms with Crippen molar-refractivity contribution in [3.63, 3.8) is 0 Å². The SMILES string of the molecule is COc1ccc(CCNC(=O)[C@H](C)N(c2ccc(F)cc2)S(C)(=O)=O)cc1OC. The van der Waals surface area contributed by atoms with E-state index in [0.29, 0.717) is 24.5 Å². The van der Waals surface area contributed by atoms with Gasteiger partial charge in [0, 0.05) is 6.54 Å². The molecular formula is C20H25FN2O5S. The van der Waals surface area contributed by atoms with E-state index in [4.69, 9.17) is 9.47 Å². The van der Waals surface area contributed by atoms with Crippen LogP contribution in [0.1, 0.15) is 12.5 Å². The predicted molar refractivity (Wildman–Crippen MR) is 109 cm³/mol. The number of methoxy groups -OCH3 is 2. The normalized spacial score (nSPS) is 12.2. The van der Waals surface area contributed by atoms with Crippen LogP contribution in [-0.4, -0.2) is 47.4 Å². The second-order valence-electron chi connectivity index (χ2n) is 6.44. The Hall–Kier alpha value is -2.81. The van der Waals surface area contributed by atoms with E-state index >= 15 is 0 Å². The lowest BCUT2D eigenvalue weighted by atomic mass is 10.1. The number of benzene rings is 2. The maximum atomic E-state index is 13.2. The summed E-state index contributed by atoms with van der Waals surface area (Å²) in [7, 11) is -0.658. The first-order chi connectivity index (χ1) is 13.7. The van der Waals surface area contributed by atoms with E-state index in [1.165, 1.54) is 19.1 Å². The largest absolute Gasteiger partial charge is 0.493 e. The van der Waals surface area contributed by atoms with E-state index in [1.807, 2.05) is 12.1 Å². The number of nitrogens with one attached hydrogen (secondary N) is 1. The van der Waals surface area contributed by atoms with Gasteiger partial charge in [-0.3, -0.25) is 9.10 Å². The molecule has 1 N–H and O–H groups in total. The summed E-state index contributed by atoms with van der Waals surface area (Å²) in [6.45, 7) is 1.79. The third-order valence-corrected chi connectivity index (χ3v) is 5.57. The van der Waals surface area contributed by atoms with Crippen LogP contribution in [0.15, 0.2) is 42.5 Å². The summed E-state index contributed by atoms with van der Waals surface area (Å²) in [5, 5.41) is 2.74. The summed E-state index contributed by atoms with van der Waals surface area (Å²) in [4.78, 5) is 12.5. The fraction of sp³-hybridized carbons (Fsp3) is 0.350. The summed E-state index contributed by atoms with van der Waals surface area (Å²) in [5.74, 6) is 0.246. The van der Waals surface area contributed by atoms with E-state index < -0.39 is 27.8 Å². The van der Waals surface area contributed by atoms with E-state index in [2.05, 4.69) is 5.32 Å². The van der Waals surface area contributed by atoms with Gasteiger partial charge in [0.15, 0.2) is 11.5 Å². The third-order valence-electron chi connectivity index (χ3n) is 4.33. The van der Waals surface area contributed by atoms with E-state index in [0.717, 1.165) is 28.3 Å². The Morgan fingerprint density at radius 3 is 2.28 bits per heavy atom. The highest BCUT2D eigenvalue weighted by Crippen LogP contribution is 2.27. The number of halogens is 1. The Morgan fingerprint density at radius 2 is 1.72 bits per heavy atom. The van der Waals surface area contributed by atoms with Crippen molar-refractivity contribution in [3.8, 4) is 11.5 Å². The molecule has 0 saturated carbocycles. The molecular weight excluding hydrogens is 399 g/mol. The van der Waals surface area contributed by atoms with Crippen LogP contribution in [-0.2, 0) is 21.2 Å². The first-order valence-corrected chi connectivity index (χ1v) is 10.8. The van der Waals surface area contributed by atoms with Gasteiger partial charge >= 0.3 is 0 Å². The molecule has 158 valence electrons. The Morgan fingerprint density at radius 1 is 1.10 bits per heavy atom. The van der Waals surface area contributed by atoms with Crippen LogP contribution < -0.4 is 19.1 Å². The molecule has 0 aliphatic carbocycles. The van der Waals surface area contributed by atoms with Crippen LogP contribution in [0.4, 0.5) is 10.1 Å². The number of carbonyl (C=O) groups excluding carboxylic acids is 1. The maximum Gasteiger partial charge on any atom is 0.243 e. The second-order valence-corrected chi connectivity index (χ2v) is 8.30. The number of sulfonamides is 1. The molecule has 9 heteroatoms. The zero-order valence-corrected chi connectivity index (χ0v) is 17.6. The van der Waals surface area contributed by atoms with E-state index in [-0.39, 0.29) is 5.69 Å². The molecule has 2 aromatic rings. The number of anilines is 1. The van der Waals surface area contributed by atoms with E-state index in [9.17, 15) is 17.6 Å². The smallest absolute Gasteiger partial charge is 0.243 e. The van der Waals surface area contributed by atoms with Gasteiger partial charge in [0.1, 0.15) is 11.9 Å². The first-order valence-electron chi connectivity index (χ1n) is 8.91. The summed E-state index contributed by atoms with van der Waals surface area (Å²) >= 11 is 0. The van der Waals surface area contributed by atoms with Crippen molar-refractivity contribution in [2.45, 2.75) is 19.4 Å². The summed E-state index contributed by atoms with van der Waals surface area (Å²) in [6, 6.07) is 9.39. The fourth-order valence-corrected chi connectivity index (χ4v) is 4.09. The molecule has 0 radical (unpaired) electrons. The Balaban J connectivity index is 2.05. The number of rotatable bonds is 9. The van der Waals surface area contributed by atoms with Gasteiger partial charge in [-0.15, -0.1) is 0 Å². The van der Waals surface area contributed by atoms with Crippen molar-refractivity contribution >= 4 is 21.6 Å². The second kappa shape index (κ2) is 9.60. The van der Waals surface area contributed by atoms with Gasteiger partial charge in [0.2, 0.25) is 15.9 Å². The van der Waals surface area contributed by atoms with Crippen molar-refractivity contribution in [1.82, 2.24) is 5.32 Å². The van der Waals surface area contributed by atoms with Crippen LogP contribution in [0.3, 0.4) is 0 Å². The molecule has 0 aromatic heterocycles. The van der Waals surface area contributed by atoms with Crippen molar-refractivity contribution in [1.29, 1.82) is 0 Å². The van der Waals surface area contributed by atoms with E-state index in [1.54, 1.807) is 20.3 Å². The average molecular weight is 424 g/mol. The van der Waals surface area contributed by atoms with Crippen molar-refractivity contribution in [2.75, 3.05) is 31.3 Å². The Kier molecular flexibility index (Phi) is 7.44. The molecule has 1 atom stereocenters. The van der Waals surface area contributed by atoms with Gasteiger partial charge < -0.3 is 14.8 Å². The van der Waals surface area contributed by atoms with Crippen LogP contribution in [0, 0.1) is 5.82 Å². The molecule has 29 heavy (non-hydrogen) atoms. The minimum atomic E-state index is -3.75. The van der Waals surface area contributed by atoms with Crippen LogP contribution >= 0.6 is 0 Å². The summed E-state index contributed by atoms with van der Waals surface area (Å²) in [5.41, 5.74) is 1.14. The average Bonchev–Trinajstić information content (AvgIpc) is 2.68. The lowest BCUT2D eigenvalue weighted by molar-refractivity contribution is -0.121. The van der Waals surface area contributed by atoms with Gasteiger partial charge in [-0.2, -0.15) is 0 Å². The van der Waals surface area contributed by atoms with Crippen molar-refractivity contribution in [3.05, 3.63) is 53.8 Å². The number of hydrogen-bond donors (Lipinski definition) is 1.